The molecular weight excluding hydrogens is 150 g/mol. The van der Waals surface area contributed by atoms with Gasteiger partial charge in [0.05, 0.1) is 0 Å². The maximum absolute atomic E-state index is 9.09. The summed E-state index contributed by atoms with van der Waals surface area (Å²) >= 11 is 0. The van der Waals surface area contributed by atoms with E-state index in [0.717, 1.165) is 18.5 Å². The lowest BCUT2D eigenvalue weighted by atomic mass is 10.0. The number of rotatable bonds is 6. The monoisotopic (exact) mass is 169 g/mol. The fraction of sp³-hybridized carbons (Fsp3) is 1.00. The van der Waals surface area contributed by atoms with Crippen LogP contribution in [0.25, 0.3) is 0 Å². The number of aliphatic hydroxyl groups is 1. The lowest BCUT2D eigenvalue weighted by molar-refractivity contribution is 0.201. The third-order valence-corrected chi connectivity index (χ3v) is 3.05. The van der Waals surface area contributed by atoms with Crippen LogP contribution in [0, 0.1) is 11.8 Å². The molecule has 0 amide bonds. The van der Waals surface area contributed by atoms with E-state index in [9.17, 15) is 0 Å². The maximum atomic E-state index is 9.09. The van der Waals surface area contributed by atoms with E-state index in [2.05, 4.69) is 5.32 Å². The molecule has 1 unspecified atom stereocenters. The van der Waals surface area contributed by atoms with Gasteiger partial charge in [-0.25, -0.2) is 0 Å². The van der Waals surface area contributed by atoms with Crippen molar-refractivity contribution in [2.75, 3.05) is 13.2 Å². The van der Waals surface area contributed by atoms with Crippen LogP contribution in [0.2, 0.25) is 0 Å². The van der Waals surface area contributed by atoms with Crippen molar-refractivity contribution in [3.8, 4) is 0 Å². The zero-order valence-electron chi connectivity index (χ0n) is 7.63. The first-order valence-electron chi connectivity index (χ1n) is 5.24. The molecule has 1 atom stereocenters. The molecule has 2 heteroatoms. The summed E-state index contributed by atoms with van der Waals surface area (Å²) in [6, 6.07) is 0.823. The van der Waals surface area contributed by atoms with Crippen molar-refractivity contribution >= 4 is 0 Å². The standard InChI is InChI=1S/C10H19NO/c12-7-9(8-1-2-8)5-6-11-10-3-4-10/h8-12H,1-7H2. The Morgan fingerprint density at radius 1 is 1.25 bits per heavy atom. The van der Waals surface area contributed by atoms with Crippen molar-refractivity contribution in [3.63, 3.8) is 0 Å². The quantitative estimate of drug-likeness (QED) is 0.625. The van der Waals surface area contributed by atoms with E-state index in [1.807, 2.05) is 0 Å². The van der Waals surface area contributed by atoms with Gasteiger partial charge in [0.1, 0.15) is 0 Å². The van der Waals surface area contributed by atoms with Crippen LogP contribution in [-0.4, -0.2) is 24.3 Å². The third kappa shape index (κ3) is 2.46. The highest BCUT2D eigenvalue weighted by molar-refractivity contribution is 4.84. The van der Waals surface area contributed by atoms with E-state index in [-0.39, 0.29) is 0 Å². The Morgan fingerprint density at radius 3 is 2.50 bits per heavy atom. The molecule has 0 aliphatic heterocycles. The number of hydrogen-bond donors (Lipinski definition) is 2. The summed E-state index contributed by atoms with van der Waals surface area (Å²) in [4.78, 5) is 0. The van der Waals surface area contributed by atoms with E-state index < -0.39 is 0 Å². The molecular formula is C10H19NO. The van der Waals surface area contributed by atoms with Gasteiger partial charge in [-0.1, -0.05) is 0 Å². The van der Waals surface area contributed by atoms with Crippen molar-refractivity contribution in [2.24, 2.45) is 11.8 Å². The Morgan fingerprint density at radius 2 is 2.00 bits per heavy atom. The molecule has 2 aliphatic rings. The fourth-order valence-corrected chi connectivity index (χ4v) is 1.80. The van der Waals surface area contributed by atoms with Gasteiger partial charge in [-0.05, 0) is 50.5 Å². The average molecular weight is 169 g/mol. The highest BCUT2D eigenvalue weighted by atomic mass is 16.3. The summed E-state index contributed by atoms with van der Waals surface area (Å²) in [5.41, 5.74) is 0. The smallest absolute Gasteiger partial charge is 0.0462 e. The molecule has 2 N–H and O–H groups in total. The molecule has 0 heterocycles. The molecule has 0 aromatic carbocycles. The summed E-state index contributed by atoms with van der Waals surface area (Å²) < 4.78 is 0. The van der Waals surface area contributed by atoms with Crippen LogP contribution in [0.3, 0.4) is 0 Å². The van der Waals surface area contributed by atoms with Crippen LogP contribution in [0.15, 0.2) is 0 Å². The van der Waals surface area contributed by atoms with Crippen molar-refractivity contribution in [1.82, 2.24) is 5.32 Å². The molecule has 0 bridgehead atoms. The topological polar surface area (TPSA) is 32.3 Å². The minimum absolute atomic E-state index is 0.400. The minimum Gasteiger partial charge on any atom is -0.396 e. The molecule has 2 aliphatic carbocycles. The van der Waals surface area contributed by atoms with Crippen molar-refractivity contribution in [2.45, 2.75) is 38.1 Å². The highest BCUT2D eigenvalue weighted by Crippen LogP contribution is 2.38. The van der Waals surface area contributed by atoms with Crippen LogP contribution in [0.5, 0.6) is 0 Å². The minimum atomic E-state index is 0.400. The van der Waals surface area contributed by atoms with Crippen molar-refractivity contribution < 1.29 is 5.11 Å². The van der Waals surface area contributed by atoms with Crippen molar-refractivity contribution in [3.05, 3.63) is 0 Å². The Labute approximate surface area is 74.4 Å². The summed E-state index contributed by atoms with van der Waals surface area (Å²) in [6.45, 7) is 1.52. The molecule has 0 saturated heterocycles. The van der Waals surface area contributed by atoms with Gasteiger partial charge in [0.25, 0.3) is 0 Å². The number of hydrogen-bond acceptors (Lipinski definition) is 2. The van der Waals surface area contributed by atoms with E-state index in [0.29, 0.717) is 12.5 Å². The van der Waals surface area contributed by atoms with Crippen LogP contribution in [0.4, 0.5) is 0 Å². The summed E-state index contributed by atoms with van der Waals surface area (Å²) in [5, 5.41) is 12.6. The summed E-state index contributed by atoms with van der Waals surface area (Å²) in [7, 11) is 0. The van der Waals surface area contributed by atoms with Gasteiger partial charge in [0.15, 0.2) is 0 Å². The fourth-order valence-electron chi connectivity index (χ4n) is 1.80. The normalized spacial score (nSPS) is 25.8. The van der Waals surface area contributed by atoms with Crippen LogP contribution < -0.4 is 5.32 Å². The van der Waals surface area contributed by atoms with Crippen LogP contribution in [0.1, 0.15) is 32.1 Å². The molecule has 2 rings (SSSR count). The predicted molar refractivity (Wildman–Crippen MR) is 48.9 cm³/mol. The van der Waals surface area contributed by atoms with Gasteiger partial charge >= 0.3 is 0 Å². The maximum Gasteiger partial charge on any atom is 0.0462 e. The third-order valence-electron chi connectivity index (χ3n) is 3.05. The Bertz CT molecular complexity index is 141. The second kappa shape index (κ2) is 3.75. The lowest BCUT2D eigenvalue weighted by Gasteiger charge is -2.12. The van der Waals surface area contributed by atoms with Gasteiger partial charge in [-0.15, -0.1) is 0 Å². The van der Waals surface area contributed by atoms with Gasteiger partial charge < -0.3 is 10.4 Å². The van der Waals surface area contributed by atoms with Crippen molar-refractivity contribution in [1.29, 1.82) is 0 Å². The predicted octanol–water partition coefficient (Wildman–Crippen LogP) is 1.15. The Balaban J connectivity index is 1.55. The first-order chi connectivity index (χ1) is 5.90. The Hall–Kier alpha value is -0.0800. The Kier molecular flexibility index (Phi) is 2.66. The lowest BCUT2D eigenvalue weighted by Crippen LogP contribution is -2.22. The highest BCUT2D eigenvalue weighted by Gasteiger charge is 2.30. The zero-order valence-corrected chi connectivity index (χ0v) is 7.63. The average Bonchev–Trinajstić information content (AvgIpc) is 2.87. The molecule has 0 radical (unpaired) electrons. The van der Waals surface area contributed by atoms with Crippen LogP contribution in [-0.2, 0) is 0 Å². The number of nitrogens with one attached hydrogen (secondary N) is 1. The summed E-state index contributed by atoms with van der Waals surface area (Å²) in [6.07, 6.45) is 6.63. The van der Waals surface area contributed by atoms with Gasteiger partial charge in [0, 0.05) is 12.6 Å². The molecule has 0 aromatic heterocycles. The van der Waals surface area contributed by atoms with Gasteiger partial charge in [0.2, 0.25) is 0 Å². The molecule has 0 aromatic rings. The van der Waals surface area contributed by atoms with E-state index in [1.165, 1.54) is 32.1 Å². The molecule has 0 spiro atoms. The first-order valence-corrected chi connectivity index (χ1v) is 5.24. The van der Waals surface area contributed by atoms with E-state index in [4.69, 9.17) is 5.11 Å². The van der Waals surface area contributed by atoms with E-state index in [1.54, 1.807) is 0 Å². The molecule has 2 fully saturated rings. The molecule has 2 nitrogen and oxygen atoms in total. The largest absolute Gasteiger partial charge is 0.396 e. The van der Waals surface area contributed by atoms with E-state index >= 15 is 0 Å². The summed E-state index contributed by atoms with van der Waals surface area (Å²) in [5.74, 6) is 1.45. The van der Waals surface area contributed by atoms with Crippen LogP contribution >= 0.6 is 0 Å². The SMILES string of the molecule is OCC(CCNC1CC1)C1CC1. The second-order valence-electron chi connectivity index (χ2n) is 4.30. The second-order valence-corrected chi connectivity index (χ2v) is 4.30. The molecule has 12 heavy (non-hydrogen) atoms. The molecule has 70 valence electrons. The molecule has 2 saturated carbocycles. The number of aliphatic hydroxyl groups excluding tert-OH is 1. The van der Waals surface area contributed by atoms with Gasteiger partial charge in [-0.3, -0.25) is 0 Å². The zero-order chi connectivity index (χ0) is 8.39. The van der Waals surface area contributed by atoms with Gasteiger partial charge in [-0.2, -0.15) is 0 Å². The first kappa shape index (κ1) is 8.52.